The molecule has 0 unspecified atom stereocenters. The Morgan fingerprint density at radius 2 is 1.75 bits per heavy atom. The first-order valence-corrected chi connectivity index (χ1v) is 6.08. The molecule has 0 spiro atoms. The number of hydrogen-bond acceptors (Lipinski definition) is 3. The van der Waals surface area contributed by atoms with Crippen molar-refractivity contribution in [3.63, 3.8) is 0 Å². The molecule has 1 aromatic carbocycles. The second-order valence-electron chi connectivity index (χ2n) is 4.33. The predicted octanol–water partition coefficient (Wildman–Crippen LogP) is 1.66. The molecule has 0 aliphatic rings. The van der Waals surface area contributed by atoms with Crippen LogP contribution in [0.1, 0.15) is 0 Å². The molecule has 5 heteroatoms. The first-order valence-electron chi connectivity index (χ1n) is 6.08. The molecule has 0 saturated carbocycles. The summed E-state index contributed by atoms with van der Waals surface area (Å²) in [5.74, 6) is 0.744. The summed E-state index contributed by atoms with van der Waals surface area (Å²) >= 11 is 0. The van der Waals surface area contributed by atoms with Crippen LogP contribution in [0.2, 0.25) is 0 Å². The maximum Gasteiger partial charge on any atom is 0.261 e. The molecule has 0 aliphatic heterocycles. The smallest absolute Gasteiger partial charge is 0.261 e. The number of aromatic nitrogens is 2. The molecule has 5 nitrogen and oxygen atoms in total. The fourth-order valence-electron chi connectivity index (χ4n) is 2.10. The minimum atomic E-state index is -0.352. The van der Waals surface area contributed by atoms with E-state index in [4.69, 9.17) is 4.74 Å². The van der Waals surface area contributed by atoms with E-state index in [2.05, 4.69) is 4.98 Å². The van der Waals surface area contributed by atoms with E-state index in [-0.39, 0.29) is 11.1 Å². The molecule has 0 saturated heterocycles. The fraction of sp³-hybridized carbons (Fsp3) is 0.0667. The van der Waals surface area contributed by atoms with Crippen molar-refractivity contribution >= 4 is 5.65 Å². The third-order valence-corrected chi connectivity index (χ3v) is 3.11. The highest BCUT2D eigenvalue weighted by Gasteiger charge is 2.05. The lowest BCUT2D eigenvalue weighted by atomic mass is 10.1. The number of aromatic amines is 1. The zero-order valence-corrected chi connectivity index (χ0v) is 10.8. The van der Waals surface area contributed by atoms with Gasteiger partial charge in [0, 0.05) is 12.1 Å². The molecule has 20 heavy (non-hydrogen) atoms. The molecule has 0 atom stereocenters. The zero-order valence-electron chi connectivity index (χ0n) is 10.8. The molecule has 2 heterocycles. The van der Waals surface area contributed by atoms with Gasteiger partial charge in [-0.1, -0.05) is 6.07 Å². The summed E-state index contributed by atoms with van der Waals surface area (Å²) in [6.45, 7) is 0. The van der Waals surface area contributed by atoms with Crippen LogP contribution < -0.4 is 15.9 Å². The maximum atomic E-state index is 12.0. The van der Waals surface area contributed by atoms with Crippen molar-refractivity contribution in [3.8, 4) is 17.0 Å². The van der Waals surface area contributed by atoms with Crippen LogP contribution in [0, 0.1) is 0 Å². The minimum absolute atomic E-state index is 0.343. The largest absolute Gasteiger partial charge is 0.497 e. The Labute approximate surface area is 114 Å². The first kappa shape index (κ1) is 12.2. The van der Waals surface area contributed by atoms with Crippen molar-refractivity contribution in [2.24, 2.45) is 0 Å². The fourth-order valence-corrected chi connectivity index (χ4v) is 2.10. The lowest BCUT2D eigenvalue weighted by molar-refractivity contribution is 0.415. The van der Waals surface area contributed by atoms with Gasteiger partial charge in [0.15, 0.2) is 0 Å². The summed E-state index contributed by atoms with van der Waals surface area (Å²) in [7, 11) is 1.60. The summed E-state index contributed by atoms with van der Waals surface area (Å²) in [4.78, 5) is 26.8. The van der Waals surface area contributed by atoms with Crippen LogP contribution in [0.4, 0.5) is 0 Å². The number of fused-ring (bicyclic) bond motifs is 1. The van der Waals surface area contributed by atoms with E-state index in [9.17, 15) is 9.59 Å². The number of pyridine rings is 1. The van der Waals surface area contributed by atoms with E-state index in [1.165, 1.54) is 12.1 Å². The zero-order chi connectivity index (χ0) is 14.1. The molecule has 0 bridgehead atoms. The summed E-state index contributed by atoms with van der Waals surface area (Å²) in [5.41, 5.74) is 1.28. The topological polar surface area (TPSA) is 63.6 Å². The van der Waals surface area contributed by atoms with E-state index >= 15 is 0 Å². The minimum Gasteiger partial charge on any atom is -0.497 e. The van der Waals surface area contributed by atoms with Gasteiger partial charge in [-0.2, -0.15) is 0 Å². The van der Waals surface area contributed by atoms with Gasteiger partial charge in [0.2, 0.25) is 0 Å². The molecular weight excluding hydrogens is 256 g/mol. The lowest BCUT2D eigenvalue weighted by Gasteiger charge is -2.06. The highest BCUT2D eigenvalue weighted by Crippen LogP contribution is 2.19. The molecular formula is C15H12N2O3. The molecule has 0 aliphatic carbocycles. The van der Waals surface area contributed by atoms with Gasteiger partial charge in [-0.15, -0.1) is 0 Å². The van der Waals surface area contributed by atoms with Crippen molar-refractivity contribution in [1.29, 1.82) is 0 Å². The Balaban J connectivity index is 2.22. The number of ether oxygens (including phenoxy) is 1. The summed E-state index contributed by atoms with van der Waals surface area (Å²) in [6, 6.07) is 13.4. The monoisotopic (exact) mass is 268 g/mol. The third-order valence-electron chi connectivity index (χ3n) is 3.11. The van der Waals surface area contributed by atoms with Gasteiger partial charge in [-0.25, -0.2) is 4.40 Å². The van der Waals surface area contributed by atoms with E-state index in [0.29, 0.717) is 11.3 Å². The van der Waals surface area contributed by atoms with E-state index in [1.54, 1.807) is 19.2 Å². The van der Waals surface area contributed by atoms with Gasteiger partial charge < -0.3 is 9.72 Å². The number of nitrogens with zero attached hydrogens (tertiary/aromatic N) is 1. The van der Waals surface area contributed by atoms with Gasteiger partial charge in [0.25, 0.3) is 11.1 Å². The van der Waals surface area contributed by atoms with Gasteiger partial charge in [0.1, 0.15) is 11.4 Å². The van der Waals surface area contributed by atoms with Crippen LogP contribution >= 0.6 is 0 Å². The van der Waals surface area contributed by atoms with E-state index in [0.717, 1.165) is 15.7 Å². The van der Waals surface area contributed by atoms with Crippen molar-refractivity contribution in [1.82, 2.24) is 9.38 Å². The second kappa shape index (κ2) is 4.70. The quantitative estimate of drug-likeness (QED) is 0.769. The molecule has 100 valence electrons. The molecule has 3 rings (SSSR count). The third kappa shape index (κ3) is 1.99. The van der Waals surface area contributed by atoms with Crippen molar-refractivity contribution in [2.45, 2.75) is 0 Å². The Hall–Kier alpha value is -2.82. The van der Waals surface area contributed by atoms with Crippen molar-refractivity contribution < 1.29 is 4.74 Å². The predicted molar refractivity (Wildman–Crippen MR) is 76.3 cm³/mol. The van der Waals surface area contributed by atoms with Crippen LogP contribution in [0.25, 0.3) is 16.9 Å². The van der Waals surface area contributed by atoms with Gasteiger partial charge in [-0.05, 0) is 35.9 Å². The first-order chi connectivity index (χ1) is 9.69. The maximum absolute atomic E-state index is 12.0. The molecule has 0 fully saturated rings. The van der Waals surface area contributed by atoms with Crippen molar-refractivity contribution in [2.75, 3.05) is 7.11 Å². The number of H-pyrrole nitrogens is 1. The van der Waals surface area contributed by atoms with Crippen LogP contribution in [0.5, 0.6) is 5.75 Å². The number of hydrogen-bond donors (Lipinski definition) is 1. The van der Waals surface area contributed by atoms with Gasteiger partial charge in [-0.3, -0.25) is 9.59 Å². The highest BCUT2D eigenvalue weighted by atomic mass is 16.5. The van der Waals surface area contributed by atoms with Crippen molar-refractivity contribution in [3.05, 3.63) is 69.2 Å². The summed E-state index contributed by atoms with van der Waals surface area (Å²) < 4.78 is 6.20. The van der Waals surface area contributed by atoms with Gasteiger partial charge in [0.05, 0.1) is 12.8 Å². The normalized spacial score (nSPS) is 10.7. The molecule has 2 aromatic heterocycles. The SMILES string of the molecule is COc1ccc(-c2cc(=O)n3c(=O)cccc3[nH]2)cc1. The Morgan fingerprint density at radius 3 is 2.45 bits per heavy atom. The number of methoxy groups -OCH3 is 1. The van der Waals surface area contributed by atoms with Crippen LogP contribution in [-0.2, 0) is 0 Å². The average Bonchev–Trinajstić information content (AvgIpc) is 2.47. The standard InChI is InChI=1S/C15H12N2O3/c1-20-11-7-5-10(6-8-11)12-9-15(19)17-13(16-12)3-2-4-14(17)18/h2-9,16H,1H3. The molecule has 1 N–H and O–H groups in total. The van der Waals surface area contributed by atoms with E-state index in [1.807, 2.05) is 24.3 Å². The van der Waals surface area contributed by atoms with Crippen LogP contribution in [0.15, 0.2) is 58.1 Å². The Bertz CT molecular complexity index is 876. The average molecular weight is 268 g/mol. The highest BCUT2D eigenvalue weighted by molar-refractivity contribution is 5.62. The summed E-state index contributed by atoms with van der Waals surface area (Å²) in [6.07, 6.45) is 0. The summed E-state index contributed by atoms with van der Waals surface area (Å²) in [5, 5.41) is 0. The van der Waals surface area contributed by atoms with Crippen LogP contribution in [0.3, 0.4) is 0 Å². The lowest BCUT2D eigenvalue weighted by Crippen LogP contribution is -2.26. The van der Waals surface area contributed by atoms with E-state index < -0.39 is 0 Å². The number of rotatable bonds is 2. The molecule has 0 radical (unpaired) electrons. The van der Waals surface area contributed by atoms with Gasteiger partial charge >= 0.3 is 0 Å². The molecule has 3 aromatic rings. The molecule has 0 amide bonds. The number of benzene rings is 1. The Morgan fingerprint density at radius 1 is 1.00 bits per heavy atom. The van der Waals surface area contributed by atoms with Crippen LogP contribution in [-0.4, -0.2) is 16.5 Å². The Kier molecular flexibility index (Phi) is 2.87. The second-order valence-corrected chi connectivity index (χ2v) is 4.33. The number of nitrogens with one attached hydrogen (secondary N) is 1.